The van der Waals surface area contributed by atoms with Gasteiger partial charge in [0.05, 0.1) is 24.8 Å². The van der Waals surface area contributed by atoms with Crippen molar-refractivity contribution in [2.75, 3.05) is 11.5 Å². The first-order chi connectivity index (χ1) is 11.7. The highest BCUT2D eigenvalue weighted by molar-refractivity contribution is 6.22. The van der Waals surface area contributed by atoms with Crippen molar-refractivity contribution in [2.45, 2.75) is 64.0 Å². The number of amides is 2. The molecule has 0 spiro atoms. The fourth-order valence-electron chi connectivity index (χ4n) is 3.50. The van der Waals surface area contributed by atoms with Crippen molar-refractivity contribution in [1.29, 1.82) is 0 Å². The third-order valence-electron chi connectivity index (χ3n) is 4.76. The van der Waals surface area contributed by atoms with E-state index >= 15 is 0 Å². The Morgan fingerprint density at radius 1 is 1.12 bits per heavy atom. The molecule has 1 saturated carbocycles. The largest absolute Gasteiger partial charge is 0.494 e. The molecule has 1 aliphatic carbocycles. The summed E-state index contributed by atoms with van der Waals surface area (Å²) in [7, 11) is 0. The lowest BCUT2D eigenvalue weighted by atomic mass is 9.95. The molecule has 2 amide bonds. The minimum Gasteiger partial charge on any atom is -0.494 e. The van der Waals surface area contributed by atoms with Gasteiger partial charge in [-0.05, 0) is 43.5 Å². The summed E-state index contributed by atoms with van der Waals surface area (Å²) in [6, 6.07) is 7.18. The van der Waals surface area contributed by atoms with Crippen molar-refractivity contribution in [3.8, 4) is 5.75 Å². The van der Waals surface area contributed by atoms with Crippen LogP contribution in [0.4, 0.5) is 5.69 Å². The van der Waals surface area contributed by atoms with Crippen LogP contribution in [-0.2, 0) is 9.59 Å². The number of rotatable bonds is 6. The summed E-state index contributed by atoms with van der Waals surface area (Å²) >= 11 is 0. The Morgan fingerprint density at radius 2 is 1.83 bits per heavy atom. The normalized spacial score (nSPS) is 22.2. The molecule has 1 heterocycles. The summed E-state index contributed by atoms with van der Waals surface area (Å²) in [5, 5.41) is 3.40. The van der Waals surface area contributed by atoms with E-state index < -0.39 is 0 Å². The predicted molar refractivity (Wildman–Crippen MR) is 93.1 cm³/mol. The molecule has 2 aliphatic rings. The first-order valence-electron chi connectivity index (χ1n) is 9.04. The van der Waals surface area contributed by atoms with Crippen LogP contribution in [-0.4, -0.2) is 30.5 Å². The second-order valence-electron chi connectivity index (χ2n) is 6.67. The molecule has 1 aliphatic heterocycles. The van der Waals surface area contributed by atoms with Crippen molar-refractivity contribution in [2.24, 2.45) is 0 Å². The van der Waals surface area contributed by atoms with Crippen LogP contribution in [0, 0.1) is 0 Å². The van der Waals surface area contributed by atoms with Gasteiger partial charge in [-0.25, -0.2) is 4.90 Å². The number of nitrogens with one attached hydrogen (secondary N) is 1. The fourth-order valence-corrected chi connectivity index (χ4v) is 3.50. The van der Waals surface area contributed by atoms with Crippen LogP contribution >= 0.6 is 0 Å². The molecule has 1 aromatic carbocycles. The Hall–Kier alpha value is -1.88. The molecule has 2 fully saturated rings. The van der Waals surface area contributed by atoms with Gasteiger partial charge in [-0.3, -0.25) is 9.59 Å². The van der Waals surface area contributed by atoms with Gasteiger partial charge in [0, 0.05) is 6.04 Å². The number of imide groups is 1. The highest BCUT2D eigenvalue weighted by Crippen LogP contribution is 2.26. The molecule has 1 unspecified atom stereocenters. The van der Waals surface area contributed by atoms with Gasteiger partial charge in [0.1, 0.15) is 5.75 Å². The van der Waals surface area contributed by atoms with Crippen LogP contribution in [0.15, 0.2) is 24.3 Å². The van der Waals surface area contributed by atoms with E-state index in [4.69, 9.17) is 4.74 Å². The molecule has 3 rings (SSSR count). The number of benzene rings is 1. The van der Waals surface area contributed by atoms with Crippen molar-refractivity contribution >= 4 is 17.5 Å². The zero-order valence-electron chi connectivity index (χ0n) is 14.3. The van der Waals surface area contributed by atoms with Gasteiger partial charge in [0.15, 0.2) is 0 Å². The van der Waals surface area contributed by atoms with Gasteiger partial charge in [0.25, 0.3) is 5.91 Å². The molecular weight excluding hydrogens is 304 g/mol. The average molecular weight is 330 g/mol. The maximum atomic E-state index is 12.7. The number of hydrogen-bond donors (Lipinski definition) is 1. The second kappa shape index (κ2) is 7.79. The summed E-state index contributed by atoms with van der Waals surface area (Å²) in [6.07, 6.45) is 7.07. The monoisotopic (exact) mass is 330 g/mol. The fraction of sp³-hybridized carbons (Fsp3) is 0.579. The van der Waals surface area contributed by atoms with E-state index in [2.05, 4.69) is 12.2 Å². The molecule has 130 valence electrons. The standard InChI is InChI=1S/C19H26N2O3/c1-2-12-24-16-10-8-15(9-11-16)21-18(22)13-17(19(21)23)20-14-6-4-3-5-7-14/h8-11,14,17,20H,2-7,12-13H2,1H3. The topological polar surface area (TPSA) is 58.6 Å². The van der Waals surface area contributed by atoms with Crippen LogP contribution in [0.3, 0.4) is 0 Å². The van der Waals surface area contributed by atoms with Gasteiger partial charge in [-0.2, -0.15) is 0 Å². The number of carbonyl (C=O) groups excluding carboxylic acids is 2. The van der Waals surface area contributed by atoms with E-state index in [-0.39, 0.29) is 24.3 Å². The molecule has 1 saturated heterocycles. The maximum Gasteiger partial charge on any atom is 0.251 e. The first-order valence-corrected chi connectivity index (χ1v) is 9.04. The van der Waals surface area contributed by atoms with E-state index in [1.54, 1.807) is 12.1 Å². The van der Waals surface area contributed by atoms with Gasteiger partial charge >= 0.3 is 0 Å². The summed E-state index contributed by atoms with van der Waals surface area (Å²) in [4.78, 5) is 26.3. The molecule has 24 heavy (non-hydrogen) atoms. The van der Waals surface area contributed by atoms with Crippen LogP contribution in [0.25, 0.3) is 0 Å². The quantitative estimate of drug-likeness (QED) is 0.815. The Morgan fingerprint density at radius 3 is 2.50 bits per heavy atom. The summed E-state index contributed by atoms with van der Waals surface area (Å²) in [5.74, 6) is 0.500. The molecule has 0 aromatic heterocycles. The zero-order valence-corrected chi connectivity index (χ0v) is 14.3. The molecule has 5 nitrogen and oxygen atoms in total. The molecule has 0 radical (unpaired) electrons. The maximum absolute atomic E-state index is 12.7. The van der Waals surface area contributed by atoms with Crippen molar-refractivity contribution in [3.05, 3.63) is 24.3 Å². The lowest BCUT2D eigenvalue weighted by molar-refractivity contribution is -0.121. The van der Waals surface area contributed by atoms with Crippen LogP contribution < -0.4 is 15.0 Å². The van der Waals surface area contributed by atoms with Crippen molar-refractivity contribution in [3.63, 3.8) is 0 Å². The third kappa shape index (κ3) is 3.78. The molecule has 5 heteroatoms. The van der Waals surface area contributed by atoms with Gasteiger partial charge in [0.2, 0.25) is 5.91 Å². The van der Waals surface area contributed by atoms with Gasteiger partial charge < -0.3 is 10.1 Å². The number of ether oxygens (including phenoxy) is 1. The van der Waals surface area contributed by atoms with Crippen molar-refractivity contribution in [1.82, 2.24) is 5.32 Å². The van der Waals surface area contributed by atoms with Crippen LogP contribution in [0.5, 0.6) is 5.75 Å². The van der Waals surface area contributed by atoms with Crippen LogP contribution in [0.2, 0.25) is 0 Å². The Labute approximate surface area is 143 Å². The number of hydrogen-bond acceptors (Lipinski definition) is 4. The van der Waals surface area contributed by atoms with Gasteiger partial charge in [-0.1, -0.05) is 26.2 Å². The zero-order chi connectivity index (χ0) is 16.9. The predicted octanol–water partition coefficient (Wildman–Crippen LogP) is 3.03. The highest BCUT2D eigenvalue weighted by Gasteiger charge is 2.40. The molecule has 0 bridgehead atoms. The van der Waals surface area contributed by atoms with Crippen molar-refractivity contribution < 1.29 is 14.3 Å². The van der Waals surface area contributed by atoms with E-state index in [1.165, 1.54) is 24.2 Å². The lowest BCUT2D eigenvalue weighted by Gasteiger charge is -2.25. The third-order valence-corrected chi connectivity index (χ3v) is 4.76. The minimum absolute atomic E-state index is 0.129. The Bertz CT molecular complexity index is 579. The minimum atomic E-state index is -0.378. The summed E-state index contributed by atoms with van der Waals surface area (Å²) in [5.41, 5.74) is 0.627. The van der Waals surface area contributed by atoms with E-state index in [9.17, 15) is 9.59 Å². The van der Waals surface area contributed by atoms with E-state index in [1.807, 2.05) is 12.1 Å². The molecule has 1 N–H and O–H groups in total. The van der Waals surface area contributed by atoms with Crippen LogP contribution in [0.1, 0.15) is 51.9 Å². The molecule has 1 aromatic rings. The second-order valence-corrected chi connectivity index (χ2v) is 6.67. The number of anilines is 1. The molecular formula is C19H26N2O3. The average Bonchev–Trinajstić information content (AvgIpc) is 2.88. The Kier molecular flexibility index (Phi) is 5.51. The number of carbonyl (C=O) groups is 2. The lowest BCUT2D eigenvalue weighted by Crippen LogP contribution is -2.44. The van der Waals surface area contributed by atoms with E-state index in [0.29, 0.717) is 18.3 Å². The molecule has 1 atom stereocenters. The first kappa shape index (κ1) is 17.0. The highest BCUT2D eigenvalue weighted by atomic mass is 16.5. The van der Waals surface area contributed by atoms with Gasteiger partial charge in [-0.15, -0.1) is 0 Å². The Balaban J connectivity index is 1.65. The number of nitrogens with zero attached hydrogens (tertiary/aromatic N) is 1. The van der Waals surface area contributed by atoms with E-state index in [0.717, 1.165) is 25.0 Å². The summed E-state index contributed by atoms with van der Waals surface area (Å²) < 4.78 is 5.55. The summed E-state index contributed by atoms with van der Waals surface area (Å²) in [6.45, 7) is 2.71. The SMILES string of the molecule is CCCOc1ccc(N2C(=O)CC(NC3CCCCC3)C2=O)cc1. The smallest absolute Gasteiger partial charge is 0.251 e.